The van der Waals surface area contributed by atoms with Crippen molar-refractivity contribution in [1.82, 2.24) is 20.4 Å². The van der Waals surface area contributed by atoms with Crippen LogP contribution in [0.3, 0.4) is 0 Å². The lowest BCUT2D eigenvalue weighted by Crippen LogP contribution is -2.54. The largest absolute Gasteiger partial charge is 0.353 e. The van der Waals surface area contributed by atoms with Crippen LogP contribution in [0.25, 0.3) is 0 Å². The fourth-order valence-electron chi connectivity index (χ4n) is 3.69. The summed E-state index contributed by atoms with van der Waals surface area (Å²) >= 11 is 6.19. The van der Waals surface area contributed by atoms with E-state index in [-0.39, 0.29) is 29.7 Å². The monoisotopic (exact) mass is 409 g/mol. The van der Waals surface area contributed by atoms with Crippen LogP contribution in [0.15, 0.2) is 23.2 Å². The smallest absolute Gasteiger partial charge is 0.234 e. The van der Waals surface area contributed by atoms with Crippen LogP contribution in [0.5, 0.6) is 0 Å². The van der Waals surface area contributed by atoms with Gasteiger partial charge in [-0.3, -0.25) is 14.7 Å². The van der Waals surface area contributed by atoms with Crippen molar-refractivity contribution in [2.45, 2.75) is 38.3 Å². The lowest BCUT2D eigenvalue weighted by molar-refractivity contribution is -0.123. The van der Waals surface area contributed by atoms with E-state index in [4.69, 9.17) is 11.6 Å². The molecule has 1 saturated carbocycles. The molecule has 0 spiro atoms. The molecule has 6 nitrogen and oxygen atoms in total. The maximum atomic E-state index is 14.1. The summed E-state index contributed by atoms with van der Waals surface area (Å²) in [5.41, 5.74) is 0.595. The number of rotatable bonds is 5. The molecule has 1 saturated heterocycles. The highest BCUT2D eigenvalue weighted by atomic mass is 35.5. The highest BCUT2D eigenvalue weighted by Crippen LogP contribution is 2.44. The molecule has 8 heteroatoms. The van der Waals surface area contributed by atoms with E-state index < -0.39 is 0 Å². The number of nitrogens with zero attached hydrogens (tertiary/aromatic N) is 3. The third kappa shape index (κ3) is 5.14. The van der Waals surface area contributed by atoms with Crippen molar-refractivity contribution in [1.29, 1.82) is 0 Å². The van der Waals surface area contributed by atoms with Gasteiger partial charge in [0.25, 0.3) is 0 Å². The molecule has 2 aliphatic rings. The first-order valence-corrected chi connectivity index (χ1v) is 10.2. The molecule has 0 radical (unpaired) electrons. The highest BCUT2D eigenvalue weighted by molar-refractivity contribution is 6.31. The number of aliphatic imine (C=N–C) groups is 1. The van der Waals surface area contributed by atoms with Crippen molar-refractivity contribution in [2.75, 3.05) is 39.8 Å². The number of halogens is 2. The summed E-state index contributed by atoms with van der Waals surface area (Å²) in [7, 11) is 1.76. The minimum Gasteiger partial charge on any atom is -0.353 e. The predicted octanol–water partition coefficient (Wildman–Crippen LogP) is 2.05. The maximum absolute atomic E-state index is 14.1. The molecule has 2 atom stereocenters. The minimum absolute atomic E-state index is 0.0635. The van der Waals surface area contributed by atoms with E-state index >= 15 is 0 Å². The Morgan fingerprint density at radius 1 is 1.32 bits per heavy atom. The molecule has 2 unspecified atom stereocenters. The predicted molar refractivity (Wildman–Crippen MR) is 110 cm³/mol. The summed E-state index contributed by atoms with van der Waals surface area (Å²) in [5, 5.41) is 6.86. The molecular weight excluding hydrogens is 381 g/mol. The van der Waals surface area contributed by atoms with Crippen molar-refractivity contribution in [3.63, 3.8) is 0 Å². The number of benzene rings is 1. The fourth-order valence-corrected chi connectivity index (χ4v) is 3.99. The van der Waals surface area contributed by atoms with E-state index in [1.807, 2.05) is 13.8 Å². The molecule has 1 aromatic carbocycles. The van der Waals surface area contributed by atoms with Gasteiger partial charge in [0.05, 0.1) is 6.54 Å². The van der Waals surface area contributed by atoms with Crippen LogP contribution in [0.4, 0.5) is 4.39 Å². The van der Waals surface area contributed by atoms with Crippen LogP contribution < -0.4 is 10.6 Å². The lowest BCUT2D eigenvalue weighted by Gasteiger charge is -2.36. The van der Waals surface area contributed by atoms with Crippen molar-refractivity contribution in [3.8, 4) is 0 Å². The van der Waals surface area contributed by atoms with E-state index in [2.05, 4.69) is 25.4 Å². The summed E-state index contributed by atoms with van der Waals surface area (Å²) in [6.07, 6.45) is 0.842. The second-order valence-electron chi connectivity index (χ2n) is 7.76. The van der Waals surface area contributed by atoms with Gasteiger partial charge in [-0.05, 0) is 32.4 Å². The number of nitrogens with one attached hydrogen (secondary N) is 2. The quantitative estimate of drug-likeness (QED) is 0.577. The van der Waals surface area contributed by atoms with Crippen molar-refractivity contribution in [3.05, 3.63) is 34.6 Å². The summed E-state index contributed by atoms with van der Waals surface area (Å²) < 4.78 is 14.1. The van der Waals surface area contributed by atoms with Gasteiger partial charge in [-0.25, -0.2) is 4.39 Å². The molecule has 1 heterocycles. The van der Waals surface area contributed by atoms with Crippen LogP contribution >= 0.6 is 11.6 Å². The normalized spacial score (nSPS) is 23.1. The van der Waals surface area contributed by atoms with E-state index in [1.165, 1.54) is 6.07 Å². The van der Waals surface area contributed by atoms with Gasteiger partial charge in [-0.2, -0.15) is 0 Å². The standard InChI is InChI=1S/C20H29ClFN5O/c1-13(2)24-18(28)12-26-7-9-27(10-8-26)20(23-3)25-17-11-14(17)19-15(21)5-4-6-16(19)22/h4-6,13-14,17H,7-12H2,1-3H3,(H,23,25)(H,24,28). The van der Waals surface area contributed by atoms with Gasteiger partial charge in [0.2, 0.25) is 5.91 Å². The SMILES string of the molecule is CN=C(NC1CC1c1c(F)cccc1Cl)N1CCN(CC(=O)NC(C)C)CC1. The highest BCUT2D eigenvalue weighted by Gasteiger charge is 2.42. The zero-order valence-electron chi connectivity index (χ0n) is 16.7. The topological polar surface area (TPSA) is 60.0 Å². The Balaban J connectivity index is 1.49. The van der Waals surface area contributed by atoms with Crippen molar-refractivity contribution < 1.29 is 9.18 Å². The maximum Gasteiger partial charge on any atom is 0.234 e. The summed E-state index contributed by atoms with van der Waals surface area (Å²) in [6.45, 7) is 7.56. The molecular formula is C20H29ClFN5O. The van der Waals surface area contributed by atoms with Gasteiger partial charge in [-0.1, -0.05) is 17.7 Å². The van der Waals surface area contributed by atoms with Gasteiger partial charge in [0.1, 0.15) is 5.82 Å². The molecule has 2 N–H and O–H groups in total. The molecule has 1 aliphatic heterocycles. The zero-order chi connectivity index (χ0) is 20.3. The number of guanidine groups is 1. The molecule has 2 fully saturated rings. The Kier molecular flexibility index (Phi) is 6.78. The third-order valence-electron chi connectivity index (χ3n) is 5.18. The average molecular weight is 410 g/mol. The number of amides is 1. The van der Waals surface area contributed by atoms with Crippen molar-refractivity contribution in [2.24, 2.45) is 4.99 Å². The van der Waals surface area contributed by atoms with Gasteiger partial charge < -0.3 is 15.5 Å². The van der Waals surface area contributed by atoms with Gasteiger partial charge in [-0.15, -0.1) is 0 Å². The molecule has 3 rings (SSSR count). The van der Waals surface area contributed by atoms with E-state index in [1.54, 1.807) is 19.2 Å². The number of carbonyl (C=O) groups excluding carboxylic acids is 1. The van der Waals surface area contributed by atoms with Crippen molar-refractivity contribution >= 4 is 23.5 Å². The number of carbonyl (C=O) groups is 1. The first kappa shape index (κ1) is 20.9. The summed E-state index contributed by atoms with van der Waals surface area (Å²) in [6, 6.07) is 5.12. The van der Waals surface area contributed by atoms with Gasteiger partial charge in [0, 0.05) is 61.8 Å². The van der Waals surface area contributed by atoms with E-state index in [9.17, 15) is 9.18 Å². The zero-order valence-corrected chi connectivity index (χ0v) is 17.5. The number of hydrogen-bond donors (Lipinski definition) is 2. The van der Waals surface area contributed by atoms with Crippen LogP contribution in [-0.4, -0.2) is 73.5 Å². The second-order valence-corrected chi connectivity index (χ2v) is 8.17. The Labute approximate surface area is 171 Å². The Morgan fingerprint density at radius 3 is 2.64 bits per heavy atom. The molecule has 1 aliphatic carbocycles. The van der Waals surface area contributed by atoms with Crippen LogP contribution in [0.1, 0.15) is 31.7 Å². The first-order valence-electron chi connectivity index (χ1n) is 9.83. The Morgan fingerprint density at radius 2 is 2.04 bits per heavy atom. The number of hydrogen-bond acceptors (Lipinski definition) is 3. The second kappa shape index (κ2) is 9.09. The Hall–Kier alpha value is -1.86. The average Bonchev–Trinajstić information content (AvgIpc) is 3.38. The Bertz CT molecular complexity index is 713. The third-order valence-corrected chi connectivity index (χ3v) is 5.51. The fraction of sp³-hybridized carbons (Fsp3) is 0.600. The molecule has 0 aromatic heterocycles. The molecule has 0 bridgehead atoms. The molecule has 28 heavy (non-hydrogen) atoms. The van der Waals surface area contributed by atoms with Crippen LogP contribution in [0.2, 0.25) is 5.02 Å². The van der Waals surface area contributed by atoms with E-state index in [0.29, 0.717) is 17.1 Å². The first-order chi connectivity index (χ1) is 13.4. The lowest BCUT2D eigenvalue weighted by atomic mass is 10.1. The van der Waals surface area contributed by atoms with Crippen LogP contribution in [0, 0.1) is 5.82 Å². The molecule has 154 valence electrons. The molecule has 1 aromatic rings. The minimum atomic E-state index is -0.245. The van der Waals surface area contributed by atoms with Gasteiger partial charge >= 0.3 is 0 Å². The van der Waals surface area contributed by atoms with Crippen LogP contribution in [-0.2, 0) is 4.79 Å². The van der Waals surface area contributed by atoms with E-state index in [0.717, 1.165) is 38.6 Å². The molecule has 1 amide bonds. The number of piperazine rings is 1. The van der Waals surface area contributed by atoms with Gasteiger partial charge in [0.15, 0.2) is 5.96 Å². The summed E-state index contributed by atoms with van der Waals surface area (Å²) in [5.74, 6) is 0.719. The summed E-state index contributed by atoms with van der Waals surface area (Å²) in [4.78, 5) is 20.7.